The number of hydrogen-bond donors (Lipinski definition) is 1. The van der Waals surface area contributed by atoms with Crippen molar-refractivity contribution in [3.05, 3.63) is 31.3 Å². The molecule has 0 spiro atoms. The fraction of sp³-hybridized carbons (Fsp3) is 0.611. The summed E-state index contributed by atoms with van der Waals surface area (Å²) in [5.41, 5.74) is 0.627. The average Bonchev–Trinajstić information content (AvgIpc) is 3.52. The van der Waals surface area contributed by atoms with E-state index in [2.05, 4.69) is 5.32 Å². The molecule has 0 radical (unpaired) electrons. The Morgan fingerprint density at radius 2 is 1.92 bits per heavy atom. The highest BCUT2D eigenvalue weighted by atomic mass is 32.1. The molecule has 3 fully saturated rings. The van der Waals surface area contributed by atoms with Gasteiger partial charge in [0.15, 0.2) is 0 Å². The molecule has 0 unspecified atom stereocenters. The fourth-order valence-corrected chi connectivity index (χ4v) is 5.09. The maximum Gasteiger partial charge on any atom is 0.332 e. The standard InChI is InChI=1S/C18H22N4O3S/c1-10-13(9-20-7-6-19-17(20)24)26-16-14(10)15(23)22(12-4-5-12)18(25)21(16)8-11-2-3-11/h11-12H,2-9H2,1H3,(H,19,24). The van der Waals surface area contributed by atoms with E-state index in [1.165, 1.54) is 15.9 Å². The summed E-state index contributed by atoms with van der Waals surface area (Å²) in [6, 6.07) is 0.00424. The molecule has 2 aliphatic carbocycles. The summed E-state index contributed by atoms with van der Waals surface area (Å²) < 4.78 is 3.31. The number of nitrogens with zero attached hydrogens (tertiary/aromatic N) is 3. The molecule has 2 aromatic heterocycles. The number of fused-ring (bicyclic) bond motifs is 1. The first-order chi connectivity index (χ1) is 12.5. The molecule has 0 atom stereocenters. The maximum atomic E-state index is 13.1. The second-order valence-corrected chi connectivity index (χ2v) is 8.81. The summed E-state index contributed by atoms with van der Waals surface area (Å²) in [4.78, 5) is 41.6. The lowest BCUT2D eigenvalue weighted by atomic mass is 10.2. The molecule has 8 heteroatoms. The van der Waals surface area contributed by atoms with Crippen LogP contribution in [0.5, 0.6) is 0 Å². The van der Waals surface area contributed by atoms with E-state index >= 15 is 0 Å². The van der Waals surface area contributed by atoms with Gasteiger partial charge in [0.25, 0.3) is 5.56 Å². The number of aromatic nitrogens is 2. The van der Waals surface area contributed by atoms with Gasteiger partial charge in [-0.3, -0.25) is 13.9 Å². The Morgan fingerprint density at radius 3 is 2.54 bits per heavy atom. The molecule has 0 bridgehead atoms. The van der Waals surface area contributed by atoms with Gasteiger partial charge in [-0.05, 0) is 44.1 Å². The normalized spacial score (nSPS) is 20.2. The highest BCUT2D eigenvalue weighted by Gasteiger charge is 2.32. The summed E-state index contributed by atoms with van der Waals surface area (Å²) >= 11 is 1.51. The van der Waals surface area contributed by atoms with E-state index in [1.54, 1.807) is 4.90 Å². The van der Waals surface area contributed by atoms with Crippen LogP contribution in [0.4, 0.5) is 4.79 Å². The molecular formula is C18H22N4O3S. The summed E-state index contributed by atoms with van der Waals surface area (Å²) in [5, 5.41) is 3.49. The van der Waals surface area contributed by atoms with Gasteiger partial charge in [-0.2, -0.15) is 0 Å². The third kappa shape index (κ3) is 2.50. The SMILES string of the molecule is Cc1c(CN2CCNC2=O)sc2c1c(=O)n(C1CC1)c(=O)n2CC1CC1. The number of thiophene rings is 1. The van der Waals surface area contributed by atoms with Crippen molar-refractivity contribution < 1.29 is 4.79 Å². The Bertz CT molecular complexity index is 1030. The van der Waals surface area contributed by atoms with E-state index in [0.717, 1.165) is 41.0 Å². The zero-order valence-corrected chi connectivity index (χ0v) is 15.6. The molecule has 3 aliphatic rings. The van der Waals surface area contributed by atoms with Crippen molar-refractivity contribution in [3.63, 3.8) is 0 Å². The van der Waals surface area contributed by atoms with E-state index in [9.17, 15) is 14.4 Å². The number of aryl methyl sites for hydroxylation is 1. The van der Waals surface area contributed by atoms with Gasteiger partial charge >= 0.3 is 11.7 Å². The van der Waals surface area contributed by atoms with Gasteiger partial charge < -0.3 is 10.2 Å². The van der Waals surface area contributed by atoms with E-state index < -0.39 is 0 Å². The lowest BCUT2D eigenvalue weighted by molar-refractivity contribution is 0.216. The predicted molar refractivity (Wildman–Crippen MR) is 99.9 cm³/mol. The van der Waals surface area contributed by atoms with Crippen LogP contribution in [0, 0.1) is 12.8 Å². The van der Waals surface area contributed by atoms with Crippen LogP contribution < -0.4 is 16.6 Å². The van der Waals surface area contributed by atoms with Crippen molar-refractivity contribution in [2.75, 3.05) is 13.1 Å². The highest BCUT2D eigenvalue weighted by Crippen LogP contribution is 2.36. The van der Waals surface area contributed by atoms with Crippen LogP contribution in [0.2, 0.25) is 0 Å². The van der Waals surface area contributed by atoms with Crippen molar-refractivity contribution in [2.45, 2.75) is 51.7 Å². The topological polar surface area (TPSA) is 76.3 Å². The molecule has 1 N–H and O–H groups in total. The quantitative estimate of drug-likeness (QED) is 0.867. The second-order valence-electron chi connectivity index (χ2n) is 7.73. The highest BCUT2D eigenvalue weighted by molar-refractivity contribution is 7.18. The van der Waals surface area contributed by atoms with Gasteiger partial charge in [0, 0.05) is 30.6 Å². The smallest absolute Gasteiger partial charge is 0.332 e. The third-order valence-corrected chi connectivity index (χ3v) is 6.97. The maximum absolute atomic E-state index is 13.1. The summed E-state index contributed by atoms with van der Waals surface area (Å²) in [7, 11) is 0. The van der Waals surface area contributed by atoms with Crippen LogP contribution in [0.15, 0.2) is 9.59 Å². The lowest BCUT2D eigenvalue weighted by Crippen LogP contribution is -2.39. The summed E-state index contributed by atoms with van der Waals surface area (Å²) in [6.07, 6.45) is 4.13. The molecule has 1 saturated heterocycles. The molecule has 2 amide bonds. The van der Waals surface area contributed by atoms with E-state index in [4.69, 9.17) is 0 Å². The fourth-order valence-electron chi connectivity index (χ4n) is 3.77. The van der Waals surface area contributed by atoms with Gasteiger partial charge in [0.1, 0.15) is 4.83 Å². The first-order valence-corrected chi connectivity index (χ1v) is 10.2. The number of carbonyl (C=O) groups excluding carboxylic acids is 1. The monoisotopic (exact) mass is 374 g/mol. The minimum Gasteiger partial charge on any atom is -0.336 e. The molecule has 5 rings (SSSR count). The van der Waals surface area contributed by atoms with Crippen LogP contribution >= 0.6 is 11.3 Å². The minimum absolute atomic E-state index is 0.0624. The zero-order valence-electron chi connectivity index (χ0n) is 14.8. The molecule has 138 valence electrons. The zero-order chi connectivity index (χ0) is 18.0. The van der Waals surface area contributed by atoms with Gasteiger partial charge in [0.2, 0.25) is 0 Å². The minimum atomic E-state index is -0.149. The Hall–Kier alpha value is -2.09. The Balaban J connectivity index is 1.68. The number of hydrogen-bond acceptors (Lipinski definition) is 4. The molecule has 26 heavy (non-hydrogen) atoms. The number of urea groups is 1. The molecule has 7 nitrogen and oxygen atoms in total. The molecule has 1 aliphatic heterocycles. The Labute approximate surface area is 154 Å². The van der Waals surface area contributed by atoms with Gasteiger partial charge in [-0.1, -0.05) is 0 Å². The molecule has 0 aromatic carbocycles. The number of carbonyl (C=O) groups is 1. The van der Waals surface area contributed by atoms with E-state index in [1.807, 2.05) is 11.5 Å². The van der Waals surface area contributed by atoms with E-state index in [0.29, 0.717) is 37.5 Å². The van der Waals surface area contributed by atoms with Gasteiger partial charge in [-0.15, -0.1) is 11.3 Å². The van der Waals surface area contributed by atoms with Gasteiger partial charge in [0.05, 0.1) is 11.9 Å². The Morgan fingerprint density at radius 1 is 1.15 bits per heavy atom. The molecule has 2 saturated carbocycles. The van der Waals surface area contributed by atoms with E-state index in [-0.39, 0.29) is 23.3 Å². The van der Waals surface area contributed by atoms with Crippen LogP contribution in [0.3, 0.4) is 0 Å². The predicted octanol–water partition coefficient (Wildman–Crippen LogP) is 1.80. The van der Waals surface area contributed by atoms with Gasteiger partial charge in [-0.25, -0.2) is 9.59 Å². The molecular weight excluding hydrogens is 352 g/mol. The van der Waals surface area contributed by atoms with Crippen molar-refractivity contribution in [2.24, 2.45) is 5.92 Å². The Kier molecular flexibility index (Phi) is 3.53. The van der Waals surface area contributed by atoms with Crippen LogP contribution in [0.1, 0.15) is 42.2 Å². The van der Waals surface area contributed by atoms with Crippen LogP contribution in [-0.4, -0.2) is 33.2 Å². The number of nitrogens with one attached hydrogen (secondary N) is 1. The average molecular weight is 374 g/mol. The first-order valence-electron chi connectivity index (χ1n) is 9.34. The molecule has 2 aromatic rings. The summed E-state index contributed by atoms with van der Waals surface area (Å²) in [5.74, 6) is 0.552. The van der Waals surface area contributed by atoms with Crippen LogP contribution in [-0.2, 0) is 13.1 Å². The number of rotatable bonds is 5. The van der Waals surface area contributed by atoms with Crippen molar-refractivity contribution in [1.29, 1.82) is 0 Å². The lowest BCUT2D eigenvalue weighted by Gasteiger charge is -2.12. The van der Waals surface area contributed by atoms with Crippen molar-refractivity contribution in [1.82, 2.24) is 19.4 Å². The largest absolute Gasteiger partial charge is 0.336 e. The van der Waals surface area contributed by atoms with Crippen molar-refractivity contribution >= 4 is 27.6 Å². The van der Waals surface area contributed by atoms with Crippen molar-refractivity contribution in [3.8, 4) is 0 Å². The van der Waals surface area contributed by atoms with Crippen LogP contribution in [0.25, 0.3) is 10.2 Å². The molecule has 3 heterocycles. The number of amides is 2. The second kappa shape index (κ2) is 5.70. The first kappa shape index (κ1) is 16.1. The third-order valence-electron chi connectivity index (χ3n) is 5.67. The summed E-state index contributed by atoms with van der Waals surface area (Å²) in [6.45, 7) is 4.48.